The van der Waals surface area contributed by atoms with Crippen molar-refractivity contribution in [2.24, 2.45) is 0 Å². The number of nitrogens with zero attached hydrogens (tertiary/aromatic N) is 2. The number of carbonyl (C=O) groups excluding carboxylic acids is 1. The summed E-state index contributed by atoms with van der Waals surface area (Å²) in [7, 11) is 0. The molecule has 0 radical (unpaired) electrons. The molecular formula is C22H18Cl2N4O2S. The van der Waals surface area contributed by atoms with Crippen LogP contribution in [0.4, 0.5) is 5.69 Å². The smallest absolute Gasteiger partial charge is 0.291 e. The molecule has 0 aliphatic heterocycles. The number of thioether (sulfide) groups is 1. The molecule has 31 heavy (non-hydrogen) atoms. The monoisotopic (exact) mass is 472 g/mol. The number of H-pyrrole nitrogens is 1. The van der Waals surface area contributed by atoms with Crippen LogP contribution < -0.4 is 5.32 Å². The fraction of sp³-hybridized carbons (Fsp3) is 0.136. The van der Waals surface area contributed by atoms with Crippen molar-refractivity contribution >= 4 is 46.6 Å². The van der Waals surface area contributed by atoms with Gasteiger partial charge in [0.2, 0.25) is 5.16 Å². The molecule has 6 nitrogen and oxygen atoms in total. The van der Waals surface area contributed by atoms with E-state index in [-0.39, 0.29) is 11.7 Å². The van der Waals surface area contributed by atoms with E-state index in [0.29, 0.717) is 21.5 Å². The number of furan rings is 1. The Labute approximate surface area is 193 Å². The molecule has 2 aromatic heterocycles. The summed E-state index contributed by atoms with van der Waals surface area (Å²) in [4.78, 5) is 16.9. The molecule has 1 amide bonds. The van der Waals surface area contributed by atoms with Gasteiger partial charge < -0.3 is 9.73 Å². The third-order valence-corrected chi connectivity index (χ3v) is 6.12. The minimum atomic E-state index is -0.332. The van der Waals surface area contributed by atoms with Crippen molar-refractivity contribution in [3.63, 3.8) is 0 Å². The zero-order chi connectivity index (χ0) is 21.8. The molecule has 4 rings (SSSR count). The average molecular weight is 473 g/mol. The van der Waals surface area contributed by atoms with Crippen molar-refractivity contribution in [2.45, 2.75) is 24.3 Å². The molecule has 0 aliphatic rings. The lowest BCUT2D eigenvalue weighted by Crippen LogP contribution is -2.10. The average Bonchev–Trinajstić information content (AvgIpc) is 3.45. The van der Waals surface area contributed by atoms with Crippen LogP contribution in [0.2, 0.25) is 10.0 Å². The minimum absolute atomic E-state index is 0.206. The summed E-state index contributed by atoms with van der Waals surface area (Å²) in [5, 5.41) is 11.5. The van der Waals surface area contributed by atoms with Crippen LogP contribution in [-0.2, 0) is 12.2 Å². The lowest BCUT2D eigenvalue weighted by atomic mass is 10.2. The van der Waals surface area contributed by atoms with Crippen molar-refractivity contribution in [3.8, 4) is 11.3 Å². The van der Waals surface area contributed by atoms with Crippen molar-refractivity contribution in [3.05, 3.63) is 81.8 Å². The number of hydrogen-bond acceptors (Lipinski definition) is 5. The zero-order valence-electron chi connectivity index (χ0n) is 16.5. The number of amides is 1. The normalized spacial score (nSPS) is 10.9. The Kier molecular flexibility index (Phi) is 6.65. The van der Waals surface area contributed by atoms with Gasteiger partial charge in [0.1, 0.15) is 11.6 Å². The maximum absolute atomic E-state index is 12.5. The summed E-state index contributed by atoms with van der Waals surface area (Å²) in [5.41, 5.74) is 2.52. The van der Waals surface area contributed by atoms with E-state index in [1.165, 1.54) is 0 Å². The highest BCUT2D eigenvalue weighted by Crippen LogP contribution is 2.30. The Morgan fingerprint density at radius 2 is 1.90 bits per heavy atom. The maximum atomic E-state index is 12.5. The number of aromatic nitrogens is 3. The van der Waals surface area contributed by atoms with Crippen LogP contribution >= 0.6 is 35.0 Å². The van der Waals surface area contributed by atoms with Gasteiger partial charge in [0, 0.05) is 23.4 Å². The fourth-order valence-electron chi connectivity index (χ4n) is 2.79. The van der Waals surface area contributed by atoms with E-state index in [1.54, 1.807) is 42.1 Å². The molecule has 0 bridgehead atoms. The predicted molar refractivity (Wildman–Crippen MR) is 124 cm³/mol. The van der Waals surface area contributed by atoms with Crippen LogP contribution in [-0.4, -0.2) is 21.1 Å². The highest BCUT2D eigenvalue weighted by atomic mass is 35.5. The number of benzene rings is 2. The Hall–Kier alpha value is -2.74. The largest absolute Gasteiger partial charge is 0.451 e. The van der Waals surface area contributed by atoms with Crippen molar-refractivity contribution < 1.29 is 9.21 Å². The molecule has 9 heteroatoms. The van der Waals surface area contributed by atoms with Crippen LogP contribution in [0.5, 0.6) is 0 Å². The van der Waals surface area contributed by atoms with E-state index in [4.69, 9.17) is 27.6 Å². The molecule has 0 unspecified atom stereocenters. The number of nitrogens with one attached hydrogen (secondary N) is 2. The van der Waals surface area contributed by atoms with Gasteiger partial charge in [-0.2, -0.15) is 0 Å². The van der Waals surface area contributed by atoms with E-state index in [0.717, 1.165) is 34.3 Å². The van der Waals surface area contributed by atoms with Crippen LogP contribution in [0.3, 0.4) is 0 Å². The van der Waals surface area contributed by atoms with Crippen molar-refractivity contribution in [1.29, 1.82) is 0 Å². The number of halogens is 2. The molecule has 158 valence electrons. The molecular weight excluding hydrogens is 455 g/mol. The molecule has 2 N–H and O–H groups in total. The molecule has 0 fully saturated rings. The second-order valence-electron chi connectivity index (χ2n) is 6.65. The Bertz CT molecular complexity index is 1200. The lowest BCUT2D eigenvalue weighted by molar-refractivity contribution is 0.0997. The van der Waals surface area contributed by atoms with Gasteiger partial charge in [-0.25, -0.2) is 4.98 Å². The van der Waals surface area contributed by atoms with Gasteiger partial charge in [-0.3, -0.25) is 9.89 Å². The van der Waals surface area contributed by atoms with Gasteiger partial charge in [-0.05, 0) is 48.0 Å². The fourth-order valence-corrected chi connectivity index (χ4v) is 3.86. The predicted octanol–water partition coefficient (Wildman–Crippen LogP) is 6.48. The second kappa shape index (κ2) is 9.60. The Morgan fingerprint density at radius 1 is 1.10 bits per heavy atom. The molecule has 0 atom stereocenters. The van der Waals surface area contributed by atoms with Crippen molar-refractivity contribution in [1.82, 2.24) is 15.2 Å². The number of rotatable bonds is 7. The summed E-state index contributed by atoms with van der Waals surface area (Å²) < 4.78 is 5.69. The van der Waals surface area contributed by atoms with Gasteiger partial charge in [-0.1, -0.05) is 54.0 Å². The topological polar surface area (TPSA) is 83.8 Å². The number of anilines is 1. The molecule has 2 aromatic carbocycles. The van der Waals surface area contributed by atoms with Gasteiger partial charge in [0.05, 0.1) is 10.0 Å². The summed E-state index contributed by atoms with van der Waals surface area (Å²) in [6, 6.07) is 16.1. The first kappa shape index (κ1) is 21.5. The van der Waals surface area contributed by atoms with E-state index in [2.05, 4.69) is 20.5 Å². The third-order valence-electron chi connectivity index (χ3n) is 4.46. The van der Waals surface area contributed by atoms with Crippen LogP contribution in [0, 0.1) is 0 Å². The summed E-state index contributed by atoms with van der Waals surface area (Å²) in [5.74, 6) is 2.02. The maximum Gasteiger partial charge on any atom is 0.291 e. The SMILES string of the molecule is CCc1nc(SCc2ccc(NC(=O)c3ccc(-c4ccc(Cl)c(Cl)c4)o3)cc2)n[nH]1. The molecule has 2 heterocycles. The van der Waals surface area contributed by atoms with Crippen LogP contribution in [0.15, 0.2) is 64.2 Å². The number of aromatic amines is 1. The van der Waals surface area contributed by atoms with Crippen molar-refractivity contribution in [2.75, 3.05) is 5.32 Å². The Balaban J connectivity index is 1.36. The number of aryl methyl sites for hydroxylation is 1. The molecule has 0 saturated carbocycles. The zero-order valence-corrected chi connectivity index (χ0v) is 18.8. The first-order chi connectivity index (χ1) is 15.0. The van der Waals surface area contributed by atoms with E-state index >= 15 is 0 Å². The first-order valence-electron chi connectivity index (χ1n) is 9.51. The highest BCUT2D eigenvalue weighted by Gasteiger charge is 2.13. The lowest BCUT2D eigenvalue weighted by Gasteiger charge is -2.05. The number of carbonyl (C=O) groups is 1. The standard InChI is InChI=1S/C22H18Cl2N4O2S/c1-2-20-26-22(28-27-20)31-12-13-3-6-15(7-4-13)25-21(29)19-10-9-18(30-19)14-5-8-16(23)17(24)11-14/h3-11H,2,12H2,1H3,(H,25,29)(H,26,27,28). The van der Waals surface area contributed by atoms with Crippen LogP contribution in [0.1, 0.15) is 28.9 Å². The van der Waals surface area contributed by atoms with E-state index in [1.807, 2.05) is 31.2 Å². The van der Waals surface area contributed by atoms with E-state index < -0.39 is 0 Å². The quantitative estimate of drug-likeness (QED) is 0.300. The number of hydrogen-bond donors (Lipinski definition) is 2. The summed E-state index contributed by atoms with van der Waals surface area (Å²) in [6.45, 7) is 2.03. The minimum Gasteiger partial charge on any atom is -0.451 e. The van der Waals surface area contributed by atoms with Gasteiger partial charge in [0.15, 0.2) is 5.76 Å². The van der Waals surface area contributed by atoms with E-state index in [9.17, 15) is 4.79 Å². The summed E-state index contributed by atoms with van der Waals surface area (Å²) >= 11 is 13.6. The molecule has 0 spiro atoms. The second-order valence-corrected chi connectivity index (χ2v) is 8.41. The summed E-state index contributed by atoms with van der Waals surface area (Å²) in [6.07, 6.45) is 0.826. The Morgan fingerprint density at radius 3 is 2.61 bits per heavy atom. The highest BCUT2D eigenvalue weighted by molar-refractivity contribution is 7.98. The first-order valence-corrected chi connectivity index (χ1v) is 11.3. The van der Waals surface area contributed by atoms with Gasteiger partial charge in [0.25, 0.3) is 5.91 Å². The third kappa shape index (κ3) is 5.31. The van der Waals surface area contributed by atoms with Crippen LogP contribution in [0.25, 0.3) is 11.3 Å². The molecule has 0 aliphatic carbocycles. The van der Waals surface area contributed by atoms with Gasteiger partial charge >= 0.3 is 0 Å². The molecule has 4 aromatic rings. The molecule has 0 saturated heterocycles. The van der Waals surface area contributed by atoms with Gasteiger partial charge in [-0.15, -0.1) is 5.10 Å².